The number of anilines is 1. The van der Waals surface area contributed by atoms with E-state index in [-0.39, 0.29) is 18.1 Å². The Hall–Kier alpha value is -4.75. The molecule has 1 aliphatic heterocycles. The molecule has 198 valence electrons. The number of hydrogen-bond donors (Lipinski definition) is 1. The lowest BCUT2D eigenvalue weighted by atomic mass is 9.94. The summed E-state index contributed by atoms with van der Waals surface area (Å²) in [6.45, 7) is 0.606. The maximum atomic E-state index is 13.7. The van der Waals surface area contributed by atoms with Crippen molar-refractivity contribution in [2.24, 2.45) is 4.99 Å². The molecule has 1 aromatic heterocycles. The van der Waals surface area contributed by atoms with Crippen LogP contribution in [0.25, 0.3) is 20.5 Å². The first-order valence-electron chi connectivity index (χ1n) is 12.8. The summed E-state index contributed by atoms with van der Waals surface area (Å²) in [6.07, 6.45) is 1.95. The van der Waals surface area contributed by atoms with Crippen LogP contribution in [0.2, 0.25) is 0 Å². The number of benzene rings is 4. The highest BCUT2D eigenvalue weighted by Crippen LogP contribution is 2.39. The first-order valence-corrected chi connectivity index (χ1v) is 13.7. The van der Waals surface area contributed by atoms with E-state index in [0.717, 1.165) is 21.6 Å². The fourth-order valence-electron chi connectivity index (χ4n) is 4.97. The summed E-state index contributed by atoms with van der Waals surface area (Å²) in [5.74, 6) is 0.620. The van der Waals surface area contributed by atoms with Crippen molar-refractivity contribution in [3.63, 3.8) is 0 Å². The lowest BCUT2D eigenvalue weighted by molar-refractivity contribution is 0.0989. The molecule has 0 atom stereocenters. The minimum Gasteiger partial charge on any atom is -0.496 e. The monoisotopic (exact) mass is 546 g/mol. The first kappa shape index (κ1) is 25.5. The lowest BCUT2D eigenvalue weighted by Gasteiger charge is -2.16. The number of nitrogens with zero attached hydrogens (tertiary/aromatic N) is 1. The topological polar surface area (TPSA) is 77.0 Å². The number of ether oxygens (including phenoxy) is 2. The van der Waals surface area contributed by atoms with Crippen LogP contribution in [0.1, 0.15) is 37.4 Å². The number of methoxy groups -OCH3 is 2. The minimum atomic E-state index is -0.265. The first-order chi connectivity index (χ1) is 19.5. The Bertz CT molecular complexity index is 1760. The number of rotatable bonds is 8. The predicted octanol–water partition coefficient (Wildman–Crippen LogP) is 7.20. The fraction of sp³-hybridized carbons (Fsp3) is 0.121. The van der Waals surface area contributed by atoms with Gasteiger partial charge >= 0.3 is 0 Å². The summed E-state index contributed by atoms with van der Waals surface area (Å²) in [7, 11) is 3.08. The summed E-state index contributed by atoms with van der Waals surface area (Å²) >= 11 is 1.72. The van der Waals surface area contributed by atoms with Crippen molar-refractivity contribution in [1.82, 2.24) is 0 Å². The number of aliphatic imine (C=N–C) groups is 1. The summed E-state index contributed by atoms with van der Waals surface area (Å²) < 4.78 is 12.4. The average molecular weight is 547 g/mol. The van der Waals surface area contributed by atoms with Crippen LogP contribution in [0.3, 0.4) is 0 Å². The van der Waals surface area contributed by atoms with Crippen LogP contribution in [0.5, 0.6) is 11.5 Å². The Labute approximate surface area is 235 Å². The van der Waals surface area contributed by atoms with Crippen LogP contribution in [0.15, 0.2) is 89.9 Å². The molecule has 40 heavy (non-hydrogen) atoms. The smallest absolute Gasteiger partial charge is 0.255 e. The molecule has 0 saturated heterocycles. The van der Waals surface area contributed by atoms with Crippen molar-refractivity contribution in [3.05, 3.63) is 113 Å². The molecule has 7 heteroatoms. The van der Waals surface area contributed by atoms with Crippen LogP contribution < -0.4 is 14.8 Å². The molecule has 0 unspecified atom stereocenters. The van der Waals surface area contributed by atoms with Crippen molar-refractivity contribution in [3.8, 4) is 21.9 Å². The number of hydrogen-bond acceptors (Lipinski definition) is 6. The fourth-order valence-corrected chi connectivity index (χ4v) is 6.08. The van der Waals surface area contributed by atoms with Crippen molar-refractivity contribution in [1.29, 1.82) is 0 Å². The summed E-state index contributed by atoms with van der Waals surface area (Å²) in [4.78, 5) is 32.0. The molecule has 1 amide bonds. The maximum absolute atomic E-state index is 13.7. The Kier molecular flexibility index (Phi) is 6.88. The van der Waals surface area contributed by atoms with E-state index in [1.165, 1.54) is 17.2 Å². The minimum absolute atomic E-state index is 0.0492. The molecular formula is C33H26N2O4S. The quantitative estimate of drug-likeness (QED) is 0.209. The molecule has 4 aromatic carbocycles. The number of thiophene rings is 1. The van der Waals surface area contributed by atoms with Gasteiger partial charge in [-0.25, -0.2) is 0 Å². The number of fused-ring (bicyclic) bond motifs is 2. The van der Waals surface area contributed by atoms with Gasteiger partial charge in [0.25, 0.3) is 5.91 Å². The van der Waals surface area contributed by atoms with E-state index in [9.17, 15) is 9.59 Å². The van der Waals surface area contributed by atoms with Crippen LogP contribution in [-0.4, -0.2) is 32.1 Å². The zero-order valence-electron chi connectivity index (χ0n) is 22.1. The third-order valence-corrected chi connectivity index (χ3v) is 8.16. The van der Waals surface area contributed by atoms with Gasteiger partial charge in [0.05, 0.1) is 26.5 Å². The van der Waals surface area contributed by atoms with Gasteiger partial charge in [0.15, 0.2) is 5.78 Å². The van der Waals surface area contributed by atoms with Gasteiger partial charge < -0.3 is 14.8 Å². The van der Waals surface area contributed by atoms with Crippen LogP contribution >= 0.6 is 11.3 Å². The molecule has 0 fully saturated rings. The van der Waals surface area contributed by atoms with Crippen LogP contribution in [0, 0.1) is 0 Å². The lowest BCUT2D eigenvalue weighted by Crippen LogP contribution is -2.13. The zero-order valence-corrected chi connectivity index (χ0v) is 22.9. The van der Waals surface area contributed by atoms with Crippen molar-refractivity contribution >= 4 is 45.0 Å². The highest BCUT2D eigenvalue weighted by atomic mass is 32.1. The third kappa shape index (κ3) is 4.87. The molecular weight excluding hydrogens is 520 g/mol. The standard InChI is InChI=1S/C33H26N2O4S/c1-38-29-17-27(35-33(37)20-8-4-3-5-9-20)30(39-2)15-23(29)14-28(36)22-12-24-18-34-19-26(24)25(13-22)32-16-21-10-6-7-11-31(21)40-32/h3-13,15-18H,14,19H2,1-2H3,(H,35,37). The molecule has 0 radical (unpaired) electrons. The van der Waals surface area contributed by atoms with E-state index >= 15 is 0 Å². The predicted molar refractivity (Wildman–Crippen MR) is 161 cm³/mol. The average Bonchev–Trinajstić information content (AvgIpc) is 3.64. The number of ketones is 1. The normalized spacial score (nSPS) is 11.8. The maximum Gasteiger partial charge on any atom is 0.255 e. The highest BCUT2D eigenvalue weighted by Gasteiger charge is 2.21. The Morgan fingerprint density at radius 1 is 0.875 bits per heavy atom. The van der Waals surface area contributed by atoms with Gasteiger partial charge in [0.1, 0.15) is 11.5 Å². The number of amides is 1. The summed E-state index contributed by atoms with van der Waals surface area (Å²) in [6, 6.07) is 26.7. The molecule has 0 aliphatic carbocycles. The van der Waals surface area contributed by atoms with Crippen molar-refractivity contribution in [2.45, 2.75) is 13.0 Å². The number of carbonyl (C=O) groups is 2. The Morgan fingerprint density at radius 3 is 2.42 bits per heavy atom. The van der Waals surface area contributed by atoms with Crippen LogP contribution in [0.4, 0.5) is 5.69 Å². The van der Waals surface area contributed by atoms with E-state index in [4.69, 9.17) is 9.47 Å². The second-order valence-electron chi connectivity index (χ2n) is 9.49. The van der Waals surface area contributed by atoms with Crippen molar-refractivity contribution in [2.75, 3.05) is 19.5 Å². The number of carbonyl (C=O) groups excluding carboxylic acids is 2. The van der Waals surface area contributed by atoms with Gasteiger partial charge in [0.2, 0.25) is 0 Å². The van der Waals surface area contributed by atoms with E-state index in [2.05, 4.69) is 28.5 Å². The van der Waals surface area contributed by atoms with E-state index in [1.807, 2.05) is 36.5 Å². The number of nitrogens with one attached hydrogen (secondary N) is 1. The molecule has 5 aromatic rings. The molecule has 6 nitrogen and oxygen atoms in total. The van der Waals surface area contributed by atoms with Gasteiger partial charge in [-0.15, -0.1) is 11.3 Å². The highest BCUT2D eigenvalue weighted by molar-refractivity contribution is 7.22. The van der Waals surface area contributed by atoms with Gasteiger partial charge in [-0.1, -0.05) is 36.4 Å². The van der Waals surface area contributed by atoms with Crippen molar-refractivity contribution < 1.29 is 19.1 Å². The van der Waals surface area contributed by atoms with Gasteiger partial charge in [-0.3, -0.25) is 14.6 Å². The molecule has 1 N–H and O–H groups in total. The van der Waals surface area contributed by atoms with Gasteiger partial charge in [-0.05, 0) is 64.5 Å². The summed E-state index contributed by atoms with van der Waals surface area (Å²) in [5, 5.41) is 4.07. The Morgan fingerprint density at radius 2 is 1.65 bits per heavy atom. The SMILES string of the molecule is COc1cc(NC(=O)c2ccccc2)c(OC)cc1CC(=O)c1cc2c(c(-c3cc4ccccc4s3)c1)CN=C2. The zero-order chi connectivity index (χ0) is 27.6. The largest absolute Gasteiger partial charge is 0.496 e. The van der Waals surface area contributed by atoms with Gasteiger partial charge in [0, 0.05) is 45.0 Å². The molecule has 0 bridgehead atoms. The summed E-state index contributed by atoms with van der Waals surface area (Å²) in [5.41, 5.74) is 5.43. The molecule has 6 rings (SSSR count). The van der Waals surface area contributed by atoms with E-state index in [1.54, 1.807) is 54.8 Å². The third-order valence-electron chi connectivity index (χ3n) is 7.01. The van der Waals surface area contributed by atoms with Crippen LogP contribution in [-0.2, 0) is 13.0 Å². The second-order valence-corrected chi connectivity index (χ2v) is 10.6. The molecule has 0 spiro atoms. The molecule has 0 saturated carbocycles. The number of Topliss-reactive ketones (excluding diaryl/α,β-unsaturated/α-hetero) is 1. The molecule has 1 aliphatic rings. The Balaban J connectivity index is 1.32. The molecule has 2 heterocycles. The van der Waals surface area contributed by atoms with E-state index in [0.29, 0.717) is 40.4 Å². The van der Waals surface area contributed by atoms with Gasteiger partial charge in [-0.2, -0.15) is 0 Å². The van der Waals surface area contributed by atoms with E-state index < -0.39 is 0 Å². The second kappa shape index (κ2) is 10.8.